The quantitative estimate of drug-likeness (QED) is 0.765. The lowest BCUT2D eigenvalue weighted by atomic mass is 10.1. The van der Waals surface area contributed by atoms with Crippen LogP contribution in [0.1, 0.15) is 50.9 Å². The molecule has 2 aromatic rings. The van der Waals surface area contributed by atoms with Crippen LogP contribution in [0.5, 0.6) is 5.75 Å². The summed E-state index contributed by atoms with van der Waals surface area (Å²) in [5.74, 6) is 0.545. The van der Waals surface area contributed by atoms with E-state index in [0.29, 0.717) is 24.5 Å². The summed E-state index contributed by atoms with van der Waals surface area (Å²) in [6, 6.07) is 5.56. The van der Waals surface area contributed by atoms with Gasteiger partial charge in [0.1, 0.15) is 5.75 Å². The molecule has 0 fully saturated rings. The van der Waals surface area contributed by atoms with Gasteiger partial charge in [-0.2, -0.15) is 0 Å². The van der Waals surface area contributed by atoms with Crippen molar-refractivity contribution in [1.29, 1.82) is 0 Å². The van der Waals surface area contributed by atoms with Crippen molar-refractivity contribution in [2.24, 2.45) is 5.73 Å². The maximum Gasteiger partial charge on any atom is 0.257 e. The van der Waals surface area contributed by atoms with Crippen molar-refractivity contribution in [3.63, 3.8) is 0 Å². The number of benzene rings is 1. The van der Waals surface area contributed by atoms with Crippen LogP contribution in [0.2, 0.25) is 0 Å². The molecule has 0 unspecified atom stereocenters. The molecule has 2 N–H and O–H groups in total. The summed E-state index contributed by atoms with van der Waals surface area (Å²) in [4.78, 5) is 20.5. The molecule has 1 aromatic heterocycles. The number of thiazole rings is 1. The average molecular weight is 362 g/mol. The van der Waals surface area contributed by atoms with Crippen molar-refractivity contribution >= 4 is 17.2 Å². The van der Waals surface area contributed by atoms with Crippen molar-refractivity contribution in [3.8, 4) is 5.75 Å². The molecule has 25 heavy (non-hydrogen) atoms. The minimum absolute atomic E-state index is 0.0692. The maximum absolute atomic E-state index is 13.0. The fourth-order valence-corrected chi connectivity index (χ4v) is 3.58. The number of carbonyl (C=O) groups excluding carboxylic acids is 1. The number of nitrogens with two attached hydrogens (primary N) is 1. The second kappa shape index (κ2) is 8.45. The van der Waals surface area contributed by atoms with Gasteiger partial charge in [0.15, 0.2) is 0 Å². The van der Waals surface area contributed by atoms with E-state index in [0.717, 1.165) is 27.6 Å². The summed E-state index contributed by atoms with van der Waals surface area (Å²) in [5, 5.41) is 1.02. The summed E-state index contributed by atoms with van der Waals surface area (Å²) in [5.41, 5.74) is 8.11. The van der Waals surface area contributed by atoms with E-state index in [1.165, 1.54) is 0 Å². The van der Waals surface area contributed by atoms with E-state index in [1.807, 2.05) is 52.9 Å². The van der Waals surface area contributed by atoms with Gasteiger partial charge in [0.2, 0.25) is 0 Å². The summed E-state index contributed by atoms with van der Waals surface area (Å²) >= 11 is 1.66. The van der Waals surface area contributed by atoms with Crippen molar-refractivity contribution in [2.45, 2.75) is 40.2 Å². The Morgan fingerprint density at radius 1 is 1.36 bits per heavy atom. The van der Waals surface area contributed by atoms with Crippen LogP contribution in [-0.2, 0) is 0 Å². The van der Waals surface area contributed by atoms with Gasteiger partial charge in [-0.1, -0.05) is 6.07 Å². The number of hydrogen-bond donors (Lipinski definition) is 1. The van der Waals surface area contributed by atoms with Crippen LogP contribution in [0.25, 0.3) is 0 Å². The third-order valence-corrected chi connectivity index (χ3v) is 5.11. The molecule has 0 saturated carbocycles. The monoisotopic (exact) mass is 361 g/mol. The van der Waals surface area contributed by atoms with E-state index in [-0.39, 0.29) is 11.9 Å². The van der Waals surface area contributed by atoms with Crippen LogP contribution >= 0.6 is 11.3 Å². The van der Waals surface area contributed by atoms with E-state index < -0.39 is 0 Å². The summed E-state index contributed by atoms with van der Waals surface area (Å²) in [6.45, 7) is 9.08. The van der Waals surface area contributed by atoms with Gasteiger partial charge in [0, 0.05) is 11.9 Å². The second-order valence-electron chi connectivity index (χ2n) is 6.26. The molecule has 5 nitrogen and oxygen atoms in total. The van der Waals surface area contributed by atoms with Gasteiger partial charge >= 0.3 is 0 Å². The van der Waals surface area contributed by atoms with E-state index >= 15 is 0 Å². The smallest absolute Gasteiger partial charge is 0.257 e. The van der Waals surface area contributed by atoms with Gasteiger partial charge in [-0.05, 0) is 58.4 Å². The van der Waals surface area contributed by atoms with Gasteiger partial charge in [0.25, 0.3) is 5.91 Å². The van der Waals surface area contributed by atoms with E-state index in [4.69, 9.17) is 10.5 Å². The fourth-order valence-electron chi connectivity index (χ4n) is 2.67. The highest BCUT2D eigenvalue weighted by Gasteiger charge is 2.24. The molecule has 0 aliphatic rings. The molecule has 0 saturated heterocycles. The van der Waals surface area contributed by atoms with E-state index in [9.17, 15) is 4.79 Å². The molecule has 1 aromatic carbocycles. The number of carbonyl (C=O) groups is 1. The van der Waals surface area contributed by atoms with Crippen LogP contribution in [0.3, 0.4) is 0 Å². The molecule has 0 aliphatic carbocycles. The first kappa shape index (κ1) is 19.4. The molecule has 2 rings (SSSR count). The minimum Gasteiger partial charge on any atom is -0.493 e. The van der Waals surface area contributed by atoms with Crippen molar-refractivity contribution < 1.29 is 9.53 Å². The molecule has 0 aliphatic heterocycles. The SMILES string of the molecule is Cc1ccc(C(=O)N(C)[C@H](C)c2nc(C)sc2C)c(OCCCN)c1. The molecule has 0 bridgehead atoms. The van der Waals surface area contributed by atoms with E-state index in [1.54, 1.807) is 16.2 Å². The van der Waals surface area contributed by atoms with Crippen molar-refractivity contribution in [2.75, 3.05) is 20.2 Å². The first-order valence-electron chi connectivity index (χ1n) is 8.49. The number of nitrogens with zero attached hydrogens (tertiary/aromatic N) is 2. The minimum atomic E-state index is -0.101. The highest BCUT2D eigenvalue weighted by Crippen LogP contribution is 2.29. The number of ether oxygens (including phenoxy) is 1. The predicted molar refractivity (Wildman–Crippen MR) is 102 cm³/mol. The molecular formula is C19H27N3O2S. The van der Waals surface area contributed by atoms with Crippen LogP contribution in [0, 0.1) is 20.8 Å². The van der Waals surface area contributed by atoms with Gasteiger partial charge in [-0.25, -0.2) is 4.98 Å². The van der Waals surface area contributed by atoms with Gasteiger partial charge in [0.05, 0.1) is 28.9 Å². The first-order chi connectivity index (χ1) is 11.8. The number of amides is 1. The Bertz CT molecular complexity index is 742. The lowest BCUT2D eigenvalue weighted by molar-refractivity contribution is 0.0735. The van der Waals surface area contributed by atoms with Gasteiger partial charge in [-0.15, -0.1) is 11.3 Å². The topological polar surface area (TPSA) is 68.5 Å². The zero-order chi connectivity index (χ0) is 18.6. The number of rotatable bonds is 7. The normalized spacial score (nSPS) is 12.1. The van der Waals surface area contributed by atoms with Crippen LogP contribution in [0.15, 0.2) is 18.2 Å². The first-order valence-corrected chi connectivity index (χ1v) is 9.31. The highest BCUT2D eigenvalue weighted by atomic mass is 32.1. The van der Waals surface area contributed by atoms with Gasteiger partial charge < -0.3 is 15.4 Å². The Morgan fingerprint density at radius 2 is 2.08 bits per heavy atom. The molecule has 6 heteroatoms. The number of aryl methyl sites for hydroxylation is 3. The zero-order valence-corrected chi connectivity index (χ0v) is 16.4. The molecule has 1 atom stereocenters. The lowest BCUT2D eigenvalue weighted by Gasteiger charge is -2.25. The lowest BCUT2D eigenvalue weighted by Crippen LogP contribution is -2.30. The van der Waals surface area contributed by atoms with Crippen LogP contribution < -0.4 is 10.5 Å². The Kier molecular flexibility index (Phi) is 6.56. The summed E-state index contributed by atoms with van der Waals surface area (Å²) in [7, 11) is 1.81. The number of hydrogen-bond acceptors (Lipinski definition) is 5. The van der Waals surface area contributed by atoms with Crippen molar-refractivity contribution in [3.05, 3.63) is 44.9 Å². The van der Waals surface area contributed by atoms with Crippen LogP contribution in [0.4, 0.5) is 0 Å². The Morgan fingerprint density at radius 3 is 2.68 bits per heavy atom. The third-order valence-electron chi connectivity index (χ3n) is 4.21. The molecule has 1 heterocycles. The predicted octanol–water partition coefficient (Wildman–Crippen LogP) is 3.63. The van der Waals surface area contributed by atoms with Gasteiger partial charge in [-0.3, -0.25) is 4.79 Å². The van der Waals surface area contributed by atoms with E-state index in [2.05, 4.69) is 4.98 Å². The molecule has 136 valence electrons. The molecule has 0 radical (unpaired) electrons. The Balaban J connectivity index is 2.25. The fraction of sp³-hybridized carbons (Fsp3) is 0.474. The highest BCUT2D eigenvalue weighted by molar-refractivity contribution is 7.11. The summed E-state index contributed by atoms with van der Waals surface area (Å²) < 4.78 is 5.80. The Hall–Kier alpha value is -1.92. The molecule has 0 spiro atoms. The Labute approximate surface area is 153 Å². The standard InChI is InChI=1S/C19H27N3O2S/c1-12-7-8-16(17(11-12)24-10-6-9-20)19(23)22(5)13(2)18-14(3)25-15(4)21-18/h7-8,11,13H,6,9-10,20H2,1-5H3/t13-/m1/s1. The average Bonchev–Trinajstić information content (AvgIpc) is 2.91. The second-order valence-corrected chi connectivity index (χ2v) is 7.66. The number of aromatic nitrogens is 1. The maximum atomic E-state index is 13.0. The summed E-state index contributed by atoms with van der Waals surface area (Å²) in [6.07, 6.45) is 0.755. The van der Waals surface area contributed by atoms with Crippen LogP contribution in [-0.4, -0.2) is 36.0 Å². The third kappa shape index (κ3) is 4.58. The zero-order valence-electron chi connectivity index (χ0n) is 15.6. The molecular weight excluding hydrogens is 334 g/mol. The largest absolute Gasteiger partial charge is 0.493 e. The molecule has 1 amide bonds. The van der Waals surface area contributed by atoms with Crippen molar-refractivity contribution in [1.82, 2.24) is 9.88 Å².